The van der Waals surface area contributed by atoms with Gasteiger partial charge in [-0.05, 0) is 89.9 Å². The highest BCUT2D eigenvalue weighted by Gasteiger charge is 2.19. The first-order chi connectivity index (χ1) is 28.5. The third kappa shape index (κ3) is 43.5. The summed E-state index contributed by atoms with van der Waals surface area (Å²) in [5.41, 5.74) is 0. The maximum Gasteiger partial charge on any atom is 0.306 e. The standard InChI is InChI=1S/C52H84O6/c1-4-7-10-13-16-19-21-23-25-27-28-30-33-36-39-42-45-51(54)57-48-49(47-56-50(53)44-41-38-35-32-18-15-12-9-6-3)58-52(55)46-43-40-37-34-31-29-26-24-22-20-17-14-11-8-5-2/h8-9,11-12,14,17-18,20,22,24-27,29,31-32,49H,4-7,10,13,15-16,19,21,23,28,30,33-48H2,1-3H3/b11-8-,12-9-,17-14-,22-20-,26-24-,27-25-,31-29-,32-18-. The fourth-order valence-electron chi connectivity index (χ4n) is 5.96. The van der Waals surface area contributed by atoms with Crippen LogP contribution in [0.3, 0.4) is 0 Å². The zero-order valence-electron chi connectivity index (χ0n) is 37.3. The summed E-state index contributed by atoms with van der Waals surface area (Å²) in [6, 6.07) is 0. The number of carbonyl (C=O) groups excluding carboxylic acids is 3. The Morgan fingerprint density at radius 1 is 0.379 bits per heavy atom. The molecule has 1 unspecified atom stereocenters. The highest BCUT2D eigenvalue weighted by molar-refractivity contribution is 5.71. The predicted octanol–water partition coefficient (Wildman–Crippen LogP) is 15.0. The molecule has 0 saturated heterocycles. The van der Waals surface area contributed by atoms with Crippen LogP contribution in [-0.2, 0) is 28.6 Å². The molecule has 0 amide bonds. The normalized spacial score (nSPS) is 12.9. The lowest BCUT2D eigenvalue weighted by Gasteiger charge is -2.18. The molecule has 58 heavy (non-hydrogen) atoms. The molecule has 0 aliphatic heterocycles. The van der Waals surface area contributed by atoms with Gasteiger partial charge in [-0.15, -0.1) is 0 Å². The van der Waals surface area contributed by atoms with Crippen molar-refractivity contribution in [3.63, 3.8) is 0 Å². The van der Waals surface area contributed by atoms with Crippen LogP contribution in [0.2, 0.25) is 0 Å². The molecular formula is C52H84O6. The van der Waals surface area contributed by atoms with Gasteiger partial charge in [-0.3, -0.25) is 14.4 Å². The largest absolute Gasteiger partial charge is 0.462 e. The van der Waals surface area contributed by atoms with E-state index in [1.807, 2.05) is 48.6 Å². The number of hydrogen-bond acceptors (Lipinski definition) is 6. The Kier molecular flexibility index (Phi) is 43.1. The van der Waals surface area contributed by atoms with Gasteiger partial charge in [0.2, 0.25) is 0 Å². The fourth-order valence-corrected chi connectivity index (χ4v) is 5.96. The minimum absolute atomic E-state index is 0.111. The van der Waals surface area contributed by atoms with Gasteiger partial charge in [-0.1, -0.05) is 182 Å². The van der Waals surface area contributed by atoms with Crippen LogP contribution in [0.5, 0.6) is 0 Å². The van der Waals surface area contributed by atoms with Crippen LogP contribution in [0.15, 0.2) is 97.2 Å². The molecule has 0 heterocycles. The molecule has 6 heteroatoms. The molecule has 0 radical (unpaired) electrons. The van der Waals surface area contributed by atoms with Crippen molar-refractivity contribution < 1.29 is 28.6 Å². The average molecular weight is 805 g/mol. The van der Waals surface area contributed by atoms with E-state index in [0.29, 0.717) is 19.3 Å². The molecule has 0 fully saturated rings. The van der Waals surface area contributed by atoms with Crippen molar-refractivity contribution in [1.82, 2.24) is 0 Å². The summed E-state index contributed by atoms with van der Waals surface area (Å²) in [6.07, 6.45) is 59.7. The van der Waals surface area contributed by atoms with Gasteiger partial charge in [0, 0.05) is 19.3 Å². The van der Waals surface area contributed by atoms with Gasteiger partial charge >= 0.3 is 17.9 Å². The first-order valence-corrected chi connectivity index (χ1v) is 23.3. The van der Waals surface area contributed by atoms with Crippen molar-refractivity contribution in [3.8, 4) is 0 Å². The van der Waals surface area contributed by atoms with E-state index < -0.39 is 6.10 Å². The Balaban J connectivity index is 4.48. The van der Waals surface area contributed by atoms with E-state index in [1.165, 1.54) is 57.8 Å². The lowest BCUT2D eigenvalue weighted by Crippen LogP contribution is -2.30. The van der Waals surface area contributed by atoms with Gasteiger partial charge in [0.15, 0.2) is 6.10 Å². The molecule has 1 atom stereocenters. The molecule has 0 aromatic carbocycles. The average Bonchev–Trinajstić information content (AvgIpc) is 3.22. The molecular weight excluding hydrogens is 721 g/mol. The lowest BCUT2D eigenvalue weighted by molar-refractivity contribution is -0.167. The number of rotatable bonds is 40. The minimum atomic E-state index is -0.814. The minimum Gasteiger partial charge on any atom is -0.462 e. The van der Waals surface area contributed by atoms with E-state index >= 15 is 0 Å². The van der Waals surface area contributed by atoms with Crippen LogP contribution < -0.4 is 0 Å². The Labute approximate surface area is 356 Å². The topological polar surface area (TPSA) is 78.9 Å². The fraction of sp³-hybridized carbons (Fsp3) is 0.635. The molecule has 0 rings (SSSR count). The van der Waals surface area contributed by atoms with Gasteiger partial charge in [-0.25, -0.2) is 0 Å². The van der Waals surface area contributed by atoms with E-state index in [0.717, 1.165) is 89.9 Å². The van der Waals surface area contributed by atoms with Crippen LogP contribution >= 0.6 is 0 Å². The van der Waals surface area contributed by atoms with E-state index in [2.05, 4.69) is 69.4 Å². The van der Waals surface area contributed by atoms with Crippen molar-refractivity contribution in [2.24, 2.45) is 0 Å². The highest BCUT2D eigenvalue weighted by Crippen LogP contribution is 2.12. The third-order valence-corrected chi connectivity index (χ3v) is 9.43. The Morgan fingerprint density at radius 2 is 0.759 bits per heavy atom. The lowest BCUT2D eigenvalue weighted by atomic mass is 10.1. The Hall–Kier alpha value is -3.67. The summed E-state index contributed by atoms with van der Waals surface area (Å²) >= 11 is 0. The number of allylic oxidation sites excluding steroid dienone is 16. The zero-order valence-corrected chi connectivity index (χ0v) is 37.3. The second-order valence-corrected chi connectivity index (χ2v) is 15.0. The van der Waals surface area contributed by atoms with E-state index in [-0.39, 0.29) is 37.5 Å². The van der Waals surface area contributed by atoms with Crippen molar-refractivity contribution in [1.29, 1.82) is 0 Å². The molecule has 328 valence electrons. The van der Waals surface area contributed by atoms with Crippen LogP contribution in [0.1, 0.15) is 194 Å². The van der Waals surface area contributed by atoms with Gasteiger partial charge in [-0.2, -0.15) is 0 Å². The molecule has 0 spiro atoms. The first-order valence-electron chi connectivity index (χ1n) is 23.3. The maximum atomic E-state index is 12.7. The second kappa shape index (κ2) is 46.0. The third-order valence-electron chi connectivity index (χ3n) is 9.43. The van der Waals surface area contributed by atoms with E-state index in [1.54, 1.807) is 0 Å². The van der Waals surface area contributed by atoms with Gasteiger partial charge < -0.3 is 14.2 Å². The molecule has 0 saturated carbocycles. The summed E-state index contributed by atoms with van der Waals surface area (Å²) in [4.78, 5) is 37.7. The Bertz CT molecular complexity index is 1200. The second-order valence-electron chi connectivity index (χ2n) is 15.0. The van der Waals surface area contributed by atoms with Gasteiger partial charge in [0.1, 0.15) is 13.2 Å². The van der Waals surface area contributed by atoms with E-state index in [9.17, 15) is 14.4 Å². The molecule has 0 aliphatic rings. The zero-order chi connectivity index (χ0) is 42.3. The quantitative estimate of drug-likeness (QED) is 0.0202. The number of esters is 3. The number of ether oxygens (including phenoxy) is 3. The molecule has 0 N–H and O–H groups in total. The molecule has 0 bridgehead atoms. The molecule has 0 aromatic rings. The monoisotopic (exact) mass is 805 g/mol. The number of hydrogen-bond donors (Lipinski definition) is 0. The molecule has 0 aliphatic carbocycles. The summed E-state index contributed by atoms with van der Waals surface area (Å²) in [7, 11) is 0. The van der Waals surface area contributed by atoms with Crippen molar-refractivity contribution >= 4 is 17.9 Å². The van der Waals surface area contributed by atoms with Crippen LogP contribution in [0.4, 0.5) is 0 Å². The summed E-state index contributed by atoms with van der Waals surface area (Å²) in [5, 5.41) is 0. The van der Waals surface area contributed by atoms with Crippen molar-refractivity contribution in [2.75, 3.05) is 13.2 Å². The SMILES string of the molecule is CC\C=C/C=C\C=C/C=C\C=C/CCCCCC(=O)OC(COC(=O)CCCC/C=C\C/C=C\CC)COC(=O)CCCCCCC/C=C\CCCCCCCCC. The number of carbonyl (C=O) groups is 3. The summed E-state index contributed by atoms with van der Waals surface area (Å²) in [5.74, 6) is -1.01. The Morgan fingerprint density at radius 3 is 1.31 bits per heavy atom. The molecule has 6 nitrogen and oxygen atoms in total. The van der Waals surface area contributed by atoms with Crippen LogP contribution in [-0.4, -0.2) is 37.2 Å². The maximum absolute atomic E-state index is 12.7. The van der Waals surface area contributed by atoms with Crippen molar-refractivity contribution in [2.45, 2.75) is 200 Å². The van der Waals surface area contributed by atoms with Gasteiger partial charge in [0.05, 0.1) is 0 Å². The summed E-state index contributed by atoms with van der Waals surface area (Å²) < 4.78 is 16.6. The smallest absolute Gasteiger partial charge is 0.306 e. The van der Waals surface area contributed by atoms with Crippen LogP contribution in [0.25, 0.3) is 0 Å². The first kappa shape index (κ1) is 54.3. The van der Waals surface area contributed by atoms with Crippen molar-refractivity contribution in [3.05, 3.63) is 97.2 Å². The summed E-state index contributed by atoms with van der Waals surface area (Å²) in [6.45, 7) is 6.27. The molecule has 0 aromatic heterocycles. The predicted molar refractivity (Wildman–Crippen MR) is 247 cm³/mol. The van der Waals surface area contributed by atoms with Gasteiger partial charge in [0.25, 0.3) is 0 Å². The van der Waals surface area contributed by atoms with E-state index in [4.69, 9.17) is 14.2 Å². The number of unbranched alkanes of at least 4 members (excludes halogenated alkanes) is 17. The highest BCUT2D eigenvalue weighted by atomic mass is 16.6. The van der Waals surface area contributed by atoms with Crippen LogP contribution in [0, 0.1) is 0 Å².